The monoisotopic (exact) mass is 359 g/mol. The molecule has 0 heterocycles. The largest absolute Gasteiger partial charge is 0.481 e. The number of aliphatic hydroxyl groups is 1. The van der Waals surface area contributed by atoms with Crippen LogP contribution in [-0.4, -0.2) is 28.1 Å². The van der Waals surface area contributed by atoms with Crippen LogP contribution in [0.5, 0.6) is 0 Å². The van der Waals surface area contributed by atoms with E-state index in [0.717, 1.165) is 32.1 Å². The Balaban J connectivity index is 1.72. The molecule has 3 saturated carbocycles. The van der Waals surface area contributed by atoms with Crippen LogP contribution < -0.4 is 0 Å². The van der Waals surface area contributed by atoms with Crippen LogP contribution >= 0.6 is 0 Å². The van der Waals surface area contributed by atoms with Crippen molar-refractivity contribution in [3.05, 3.63) is 18.6 Å². The molecular weight excluding hydrogens is 328 g/mol. The van der Waals surface area contributed by atoms with Crippen molar-refractivity contribution in [1.29, 1.82) is 0 Å². The van der Waals surface area contributed by atoms with E-state index in [1.807, 2.05) is 6.08 Å². The van der Waals surface area contributed by atoms with Crippen LogP contribution in [-0.2, 0) is 9.59 Å². The molecule has 4 nitrogen and oxygen atoms in total. The first-order chi connectivity index (χ1) is 12.2. The number of fused-ring (bicyclic) bond motifs is 5. The van der Waals surface area contributed by atoms with Crippen molar-refractivity contribution in [2.45, 2.75) is 64.9 Å². The van der Waals surface area contributed by atoms with Gasteiger partial charge in [-0.05, 0) is 86.0 Å². The summed E-state index contributed by atoms with van der Waals surface area (Å²) in [5, 5.41) is 20.4. The van der Waals surface area contributed by atoms with Gasteiger partial charge in [-0.15, -0.1) is 0 Å². The highest BCUT2D eigenvalue weighted by Crippen LogP contribution is 2.67. The second-order valence-electron chi connectivity index (χ2n) is 9.79. The van der Waals surface area contributed by atoms with E-state index in [4.69, 9.17) is 0 Å². The molecule has 0 bridgehead atoms. The fourth-order valence-corrected chi connectivity index (χ4v) is 7.30. The summed E-state index contributed by atoms with van der Waals surface area (Å²) in [7, 11) is 0. The number of carboxylic acids is 1. The van der Waals surface area contributed by atoms with Crippen LogP contribution in [0.1, 0.15) is 58.8 Å². The summed E-state index contributed by atoms with van der Waals surface area (Å²) in [5.41, 5.74) is 1.19. The lowest BCUT2D eigenvalue weighted by Gasteiger charge is -2.58. The molecule has 4 aliphatic carbocycles. The zero-order valence-corrected chi connectivity index (χ0v) is 15.9. The van der Waals surface area contributed by atoms with Crippen LogP contribution in [0.3, 0.4) is 0 Å². The fraction of sp³-hybridized carbons (Fsp3) is 0.773. The molecule has 3 fully saturated rings. The highest BCUT2D eigenvalue weighted by Gasteiger charge is 2.62. The smallest absolute Gasteiger partial charge is 0.306 e. The third-order valence-electron chi connectivity index (χ3n) is 8.81. The van der Waals surface area contributed by atoms with Gasteiger partial charge in [0.1, 0.15) is 0 Å². The van der Waals surface area contributed by atoms with Crippen LogP contribution in [0.2, 0.25) is 0 Å². The maximum atomic E-state index is 11.9. The number of allylic oxidation sites excluding steroid dienone is 1. The SMILES string of the molecule is [CH2]C(C(=O)O)C1C[C@H](O)[C@@]2(C)CC[C@H]3[C@@H](CCC4=CC(=O)CC[C@@]43C)[C@H]12. The van der Waals surface area contributed by atoms with Gasteiger partial charge in [0.2, 0.25) is 0 Å². The molecule has 1 radical (unpaired) electrons. The Labute approximate surface area is 156 Å². The van der Waals surface area contributed by atoms with Crippen molar-refractivity contribution in [3.63, 3.8) is 0 Å². The molecule has 2 unspecified atom stereocenters. The van der Waals surface area contributed by atoms with Crippen molar-refractivity contribution < 1.29 is 19.8 Å². The summed E-state index contributed by atoms with van der Waals surface area (Å²) in [4.78, 5) is 23.6. The van der Waals surface area contributed by atoms with E-state index in [1.165, 1.54) is 5.57 Å². The maximum Gasteiger partial charge on any atom is 0.306 e. The lowest BCUT2D eigenvalue weighted by molar-refractivity contribution is -0.144. The first kappa shape index (κ1) is 18.2. The minimum Gasteiger partial charge on any atom is -0.481 e. The molecule has 8 atom stereocenters. The Kier molecular flexibility index (Phi) is 4.15. The molecule has 0 amide bonds. The maximum absolute atomic E-state index is 11.9. The highest BCUT2D eigenvalue weighted by molar-refractivity contribution is 5.91. The number of hydrogen-bond acceptors (Lipinski definition) is 3. The van der Waals surface area contributed by atoms with Gasteiger partial charge < -0.3 is 10.2 Å². The van der Waals surface area contributed by atoms with E-state index >= 15 is 0 Å². The molecule has 0 saturated heterocycles. The molecular formula is C22H31O4. The topological polar surface area (TPSA) is 74.6 Å². The average molecular weight is 359 g/mol. The summed E-state index contributed by atoms with van der Waals surface area (Å²) in [6.45, 7) is 8.45. The van der Waals surface area contributed by atoms with E-state index < -0.39 is 18.0 Å². The molecule has 0 spiro atoms. The first-order valence-electron chi connectivity index (χ1n) is 10.2. The highest BCUT2D eigenvalue weighted by atomic mass is 16.4. The van der Waals surface area contributed by atoms with Gasteiger partial charge in [0.05, 0.1) is 12.0 Å². The van der Waals surface area contributed by atoms with Gasteiger partial charge in [0.15, 0.2) is 5.78 Å². The van der Waals surface area contributed by atoms with E-state index in [9.17, 15) is 19.8 Å². The Bertz CT molecular complexity index is 667. The van der Waals surface area contributed by atoms with E-state index in [-0.39, 0.29) is 28.4 Å². The summed E-state index contributed by atoms with van der Waals surface area (Å²) >= 11 is 0. The quantitative estimate of drug-likeness (QED) is 0.789. The predicted molar refractivity (Wildman–Crippen MR) is 98.1 cm³/mol. The fourth-order valence-electron chi connectivity index (χ4n) is 7.30. The molecule has 0 aromatic heterocycles. The summed E-state index contributed by atoms with van der Waals surface area (Å²) in [6, 6.07) is 0. The lowest BCUT2D eigenvalue weighted by Crippen LogP contribution is -2.52. The minimum atomic E-state index is -0.848. The second-order valence-corrected chi connectivity index (χ2v) is 9.79. The van der Waals surface area contributed by atoms with Crippen molar-refractivity contribution in [3.8, 4) is 0 Å². The average Bonchev–Trinajstić information content (AvgIpc) is 2.86. The zero-order chi connectivity index (χ0) is 18.9. The molecule has 26 heavy (non-hydrogen) atoms. The van der Waals surface area contributed by atoms with Gasteiger partial charge in [-0.3, -0.25) is 9.59 Å². The molecule has 0 aromatic carbocycles. The summed E-state index contributed by atoms with van der Waals surface area (Å²) in [6.07, 6.45) is 7.53. The molecule has 0 aromatic rings. The van der Waals surface area contributed by atoms with Crippen molar-refractivity contribution >= 4 is 11.8 Å². The number of hydrogen-bond donors (Lipinski definition) is 2. The predicted octanol–water partition coefficient (Wildman–Crippen LogP) is 3.64. The molecule has 4 aliphatic rings. The normalized spacial score (nSPS) is 48.8. The van der Waals surface area contributed by atoms with E-state index in [0.29, 0.717) is 24.7 Å². The summed E-state index contributed by atoms with van der Waals surface area (Å²) in [5.74, 6) is -0.176. The first-order valence-corrected chi connectivity index (χ1v) is 10.2. The van der Waals surface area contributed by atoms with Crippen LogP contribution in [0.25, 0.3) is 0 Å². The van der Waals surface area contributed by atoms with Gasteiger partial charge in [0.25, 0.3) is 0 Å². The Morgan fingerprint density at radius 1 is 1.27 bits per heavy atom. The molecule has 0 aliphatic heterocycles. The van der Waals surface area contributed by atoms with E-state index in [2.05, 4.69) is 20.8 Å². The van der Waals surface area contributed by atoms with Gasteiger partial charge in [-0.1, -0.05) is 19.4 Å². The molecule has 143 valence electrons. The van der Waals surface area contributed by atoms with Crippen molar-refractivity contribution in [2.24, 2.45) is 40.4 Å². The van der Waals surface area contributed by atoms with Crippen LogP contribution in [0, 0.1) is 47.3 Å². The van der Waals surface area contributed by atoms with Gasteiger partial charge >= 0.3 is 5.97 Å². The Morgan fingerprint density at radius 3 is 2.69 bits per heavy atom. The van der Waals surface area contributed by atoms with Crippen molar-refractivity contribution in [2.75, 3.05) is 0 Å². The third-order valence-corrected chi connectivity index (χ3v) is 8.81. The third kappa shape index (κ3) is 2.37. The van der Waals surface area contributed by atoms with Crippen LogP contribution in [0.15, 0.2) is 11.6 Å². The van der Waals surface area contributed by atoms with Gasteiger partial charge in [-0.2, -0.15) is 0 Å². The van der Waals surface area contributed by atoms with Crippen LogP contribution in [0.4, 0.5) is 0 Å². The summed E-state index contributed by atoms with van der Waals surface area (Å²) < 4.78 is 0. The number of aliphatic hydroxyl groups excluding tert-OH is 1. The van der Waals surface area contributed by atoms with E-state index in [1.54, 1.807) is 0 Å². The molecule has 4 rings (SSSR count). The molecule has 2 N–H and O–H groups in total. The Hall–Kier alpha value is -1.16. The lowest BCUT2D eigenvalue weighted by atomic mass is 9.46. The molecule has 4 heteroatoms. The number of carboxylic acid groups (broad SMARTS) is 1. The number of carbonyl (C=O) groups excluding carboxylic acids is 1. The standard InChI is InChI=1S/C22H31O4/c1-12(20(25)26)16-11-18(24)22(3)9-7-17-15(19(16)22)5-4-13-10-14(23)6-8-21(13,17)2/h10,12,15-19,24H,1,4-9,11H2,2-3H3,(H,25,26)/t12?,15-,16?,17+,18+,19-,21+,22-/m1/s1. The number of aliphatic carboxylic acids is 1. The second kappa shape index (κ2) is 5.92. The number of rotatable bonds is 2. The number of carbonyl (C=O) groups is 2. The zero-order valence-electron chi connectivity index (χ0n) is 15.9. The Morgan fingerprint density at radius 2 is 2.00 bits per heavy atom. The van der Waals surface area contributed by atoms with Gasteiger partial charge in [0, 0.05) is 6.42 Å². The van der Waals surface area contributed by atoms with Crippen molar-refractivity contribution in [1.82, 2.24) is 0 Å². The number of ketones is 1. The van der Waals surface area contributed by atoms with Gasteiger partial charge in [-0.25, -0.2) is 0 Å². The minimum absolute atomic E-state index is 0.0559.